The van der Waals surface area contributed by atoms with Crippen molar-refractivity contribution in [3.63, 3.8) is 0 Å². The van der Waals surface area contributed by atoms with Crippen molar-refractivity contribution in [3.8, 4) is 16.9 Å². The van der Waals surface area contributed by atoms with Gasteiger partial charge in [-0.15, -0.1) is 5.10 Å². The number of hydrogen-bond acceptors (Lipinski definition) is 6. The van der Waals surface area contributed by atoms with Gasteiger partial charge in [-0.05, 0) is 60.0 Å². The number of aromatic nitrogens is 5. The second kappa shape index (κ2) is 11.9. The van der Waals surface area contributed by atoms with E-state index in [-0.39, 0.29) is 23.2 Å². The van der Waals surface area contributed by atoms with Gasteiger partial charge in [-0.1, -0.05) is 12.1 Å². The van der Waals surface area contributed by atoms with Crippen LogP contribution < -0.4 is 16.6 Å². The van der Waals surface area contributed by atoms with Crippen LogP contribution in [-0.4, -0.2) is 36.4 Å². The Kier molecular flexibility index (Phi) is 7.91. The lowest BCUT2D eigenvalue weighted by Crippen LogP contribution is -2.37. The molecule has 0 fully saturated rings. The van der Waals surface area contributed by atoms with Gasteiger partial charge in [-0.3, -0.25) is 19.4 Å². The largest absolute Gasteiger partial charge is 0.366 e. The molecule has 0 saturated carbocycles. The van der Waals surface area contributed by atoms with Gasteiger partial charge in [0, 0.05) is 36.3 Å². The molecule has 0 aliphatic rings. The van der Waals surface area contributed by atoms with E-state index in [0.717, 1.165) is 28.9 Å². The van der Waals surface area contributed by atoms with Crippen LogP contribution in [0.15, 0.2) is 90.1 Å². The van der Waals surface area contributed by atoms with E-state index in [1.807, 2.05) is 0 Å². The fourth-order valence-corrected chi connectivity index (χ4v) is 4.46. The summed E-state index contributed by atoms with van der Waals surface area (Å²) in [7, 11) is 0. The Morgan fingerprint density at radius 3 is 2.45 bits per heavy atom. The number of hydrogen-bond donors (Lipinski definition) is 2. The van der Waals surface area contributed by atoms with Crippen LogP contribution in [0.3, 0.4) is 0 Å². The summed E-state index contributed by atoms with van der Waals surface area (Å²) in [6.45, 7) is -0.494. The zero-order chi connectivity index (χ0) is 29.8. The number of carbonyl (C=O) groups excluding carboxylic acids is 2. The van der Waals surface area contributed by atoms with E-state index in [1.165, 1.54) is 41.3 Å². The number of nitrogens with zero attached hydrogens (tertiary/aromatic N) is 5. The molecule has 1 atom stereocenters. The van der Waals surface area contributed by atoms with E-state index in [1.54, 1.807) is 24.4 Å². The quantitative estimate of drug-likeness (QED) is 0.278. The number of rotatable bonds is 9. The molecule has 212 valence electrons. The molecule has 10 nitrogen and oxygen atoms in total. The van der Waals surface area contributed by atoms with E-state index in [4.69, 9.17) is 5.73 Å². The standard InChI is InChI=1S/C29H22F3N7O3/c30-19-11-17(12-20(31)15-19)13-24(28-21(3-1-8-34-28)18-4-5-23(32)22(14-18)29(33)42)36-26(40)16-39-27(41)7-6-25(37-39)38-10-2-9-35-38/h1-12,14-15,24H,13,16H2,(H2,33,42)(H,36,40)/t24-/m0/s1. The number of primary amides is 1. The second-order valence-electron chi connectivity index (χ2n) is 9.24. The molecule has 3 aromatic heterocycles. The summed E-state index contributed by atoms with van der Waals surface area (Å²) in [5.74, 6) is -3.77. The number of benzene rings is 2. The first-order valence-corrected chi connectivity index (χ1v) is 12.5. The Hall–Kier alpha value is -5.59. The predicted molar refractivity (Wildman–Crippen MR) is 145 cm³/mol. The highest BCUT2D eigenvalue weighted by Crippen LogP contribution is 2.30. The van der Waals surface area contributed by atoms with Crippen LogP contribution in [0.4, 0.5) is 13.2 Å². The van der Waals surface area contributed by atoms with Crippen molar-refractivity contribution in [1.82, 2.24) is 29.9 Å². The maximum atomic E-state index is 14.2. The van der Waals surface area contributed by atoms with Gasteiger partial charge in [0.05, 0.1) is 17.3 Å². The highest BCUT2D eigenvalue weighted by atomic mass is 19.1. The van der Waals surface area contributed by atoms with Gasteiger partial charge >= 0.3 is 0 Å². The number of nitrogens with two attached hydrogens (primary N) is 1. The van der Waals surface area contributed by atoms with E-state index in [9.17, 15) is 27.6 Å². The van der Waals surface area contributed by atoms with Gasteiger partial charge in [-0.25, -0.2) is 22.5 Å². The Labute approximate surface area is 236 Å². The topological polar surface area (TPSA) is 138 Å². The van der Waals surface area contributed by atoms with Crippen LogP contribution in [0.5, 0.6) is 0 Å². The Bertz CT molecular complexity index is 1820. The molecule has 0 aliphatic heterocycles. The molecule has 0 spiro atoms. The van der Waals surface area contributed by atoms with Crippen molar-refractivity contribution in [1.29, 1.82) is 0 Å². The lowest BCUT2D eigenvalue weighted by atomic mass is 9.94. The number of carbonyl (C=O) groups is 2. The van der Waals surface area contributed by atoms with Crippen molar-refractivity contribution in [2.24, 2.45) is 5.73 Å². The molecule has 13 heteroatoms. The van der Waals surface area contributed by atoms with Gasteiger partial charge in [-0.2, -0.15) is 5.10 Å². The molecule has 0 saturated heterocycles. The maximum Gasteiger partial charge on any atom is 0.267 e. The fraction of sp³-hybridized carbons (Fsp3) is 0.103. The fourth-order valence-electron chi connectivity index (χ4n) is 4.46. The van der Waals surface area contributed by atoms with Gasteiger partial charge in [0.1, 0.15) is 24.0 Å². The molecule has 3 N–H and O–H groups in total. The third-order valence-electron chi connectivity index (χ3n) is 6.29. The van der Waals surface area contributed by atoms with Crippen LogP contribution in [0.25, 0.3) is 16.9 Å². The SMILES string of the molecule is NC(=O)c1cc(-c2cccnc2[C@H](Cc2cc(F)cc(F)c2)NC(=O)Cn2nc(-n3cccn3)ccc2=O)ccc1F. The molecule has 0 unspecified atom stereocenters. The van der Waals surface area contributed by atoms with E-state index in [0.29, 0.717) is 16.9 Å². The number of halogens is 3. The molecular weight excluding hydrogens is 551 g/mol. The first-order chi connectivity index (χ1) is 20.2. The van der Waals surface area contributed by atoms with Crippen molar-refractivity contribution < 1.29 is 22.8 Å². The summed E-state index contributed by atoms with van der Waals surface area (Å²) in [6, 6.07) is 13.3. The molecule has 0 aliphatic carbocycles. The minimum Gasteiger partial charge on any atom is -0.366 e. The molecule has 5 rings (SSSR count). The average Bonchev–Trinajstić information content (AvgIpc) is 3.49. The van der Waals surface area contributed by atoms with E-state index < -0.39 is 47.4 Å². The average molecular weight is 574 g/mol. The molecule has 5 aromatic rings. The summed E-state index contributed by atoms with van der Waals surface area (Å²) >= 11 is 0. The monoisotopic (exact) mass is 573 g/mol. The maximum absolute atomic E-state index is 14.2. The number of nitrogens with one attached hydrogen (secondary N) is 1. The molecule has 0 radical (unpaired) electrons. The highest BCUT2D eigenvalue weighted by Gasteiger charge is 2.23. The predicted octanol–water partition coefficient (Wildman–Crippen LogP) is 3.11. The summed E-state index contributed by atoms with van der Waals surface area (Å²) in [4.78, 5) is 41.9. The Balaban J connectivity index is 1.52. The molecule has 2 aromatic carbocycles. The third-order valence-corrected chi connectivity index (χ3v) is 6.29. The zero-order valence-corrected chi connectivity index (χ0v) is 21.7. The molecule has 3 heterocycles. The summed E-state index contributed by atoms with van der Waals surface area (Å²) < 4.78 is 44.7. The number of pyridine rings is 1. The smallest absolute Gasteiger partial charge is 0.267 e. The second-order valence-corrected chi connectivity index (χ2v) is 9.24. The van der Waals surface area contributed by atoms with Crippen LogP contribution in [0.1, 0.15) is 27.7 Å². The van der Waals surface area contributed by atoms with Crippen molar-refractivity contribution in [2.45, 2.75) is 19.0 Å². The van der Waals surface area contributed by atoms with Gasteiger partial charge in [0.2, 0.25) is 5.91 Å². The lowest BCUT2D eigenvalue weighted by molar-refractivity contribution is -0.122. The molecular formula is C29H22F3N7O3. The summed E-state index contributed by atoms with van der Waals surface area (Å²) in [6.07, 6.45) is 4.49. The van der Waals surface area contributed by atoms with Crippen molar-refractivity contribution in [2.75, 3.05) is 0 Å². The highest BCUT2D eigenvalue weighted by molar-refractivity contribution is 5.94. The number of amides is 2. The van der Waals surface area contributed by atoms with Gasteiger partial charge in [0.25, 0.3) is 11.5 Å². The normalized spacial score (nSPS) is 11.7. The third kappa shape index (κ3) is 6.25. The van der Waals surface area contributed by atoms with E-state index >= 15 is 0 Å². The molecule has 2 amide bonds. The van der Waals surface area contributed by atoms with Crippen LogP contribution >= 0.6 is 0 Å². The Morgan fingerprint density at radius 2 is 1.74 bits per heavy atom. The lowest BCUT2D eigenvalue weighted by Gasteiger charge is -2.22. The Morgan fingerprint density at radius 1 is 0.952 bits per heavy atom. The van der Waals surface area contributed by atoms with E-state index in [2.05, 4.69) is 20.5 Å². The summed E-state index contributed by atoms with van der Waals surface area (Å²) in [5.41, 5.74) is 5.65. The van der Waals surface area contributed by atoms with Crippen molar-refractivity contribution in [3.05, 3.63) is 130 Å². The van der Waals surface area contributed by atoms with Gasteiger partial charge in [0.15, 0.2) is 5.82 Å². The molecule has 0 bridgehead atoms. The van der Waals surface area contributed by atoms with Gasteiger partial charge < -0.3 is 11.1 Å². The summed E-state index contributed by atoms with van der Waals surface area (Å²) in [5, 5.41) is 11.0. The minimum atomic E-state index is -0.984. The van der Waals surface area contributed by atoms with Crippen LogP contribution in [0, 0.1) is 17.5 Å². The first kappa shape index (κ1) is 28.0. The van der Waals surface area contributed by atoms with Crippen LogP contribution in [-0.2, 0) is 17.8 Å². The molecule has 42 heavy (non-hydrogen) atoms. The first-order valence-electron chi connectivity index (χ1n) is 12.5. The minimum absolute atomic E-state index is 0.107. The van der Waals surface area contributed by atoms with Crippen LogP contribution in [0.2, 0.25) is 0 Å². The van der Waals surface area contributed by atoms with Crippen molar-refractivity contribution >= 4 is 11.8 Å². The zero-order valence-electron chi connectivity index (χ0n) is 21.7.